The SMILES string of the molecule is CC(=O)[C@@H]1CC2=CC(=O)CC[C@]2(C)[C@@]23O[C@@H]2CC2(C)C(CC[C@@]24CCC(=O)O4)[C@H]13. The van der Waals surface area contributed by atoms with E-state index < -0.39 is 0 Å². The van der Waals surface area contributed by atoms with Crippen LogP contribution in [0.2, 0.25) is 0 Å². The van der Waals surface area contributed by atoms with Crippen molar-refractivity contribution in [2.75, 3.05) is 0 Å². The molecule has 6 rings (SSSR count). The number of carbonyl (C=O) groups excluding carboxylic acids is 3. The smallest absolute Gasteiger partial charge is 0.306 e. The Bertz CT molecular complexity index is 890. The normalized spacial score (nSPS) is 54.8. The average Bonchev–Trinajstić information content (AvgIpc) is 3.14. The number of fused-ring (bicyclic) bond motifs is 4. The van der Waals surface area contributed by atoms with Crippen LogP contribution in [0.25, 0.3) is 0 Å². The highest BCUT2D eigenvalue weighted by atomic mass is 16.6. The van der Waals surface area contributed by atoms with Gasteiger partial charge in [-0.15, -0.1) is 0 Å². The van der Waals surface area contributed by atoms with Crippen molar-refractivity contribution in [1.82, 2.24) is 0 Å². The lowest BCUT2D eigenvalue weighted by Crippen LogP contribution is -2.63. The lowest BCUT2D eigenvalue weighted by molar-refractivity contribution is -0.167. The number of hydrogen-bond donors (Lipinski definition) is 0. The summed E-state index contributed by atoms with van der Waals surface area (Å²) in [4.78, 5) is 37.2. The summed E-state index contributed by atoms with van der Waals surface area (Å²) in [5.74, 6) is 0.676. The van der Waals surface area contributed by atoms with E-state index in [1.807, 2.05) is 6.08 Å². The van der Waals surface area contributed by atoms with Crippen LogP contribution < -0.4 is 0 Å². The molecule has 5 nitrogen and oxygen atoms in total. The summed E-state index contributed by atoms with van der Waals surface area (Å²) in [6.07, 6.45) is 8.07. The maximum atomic E-state index is 12.9. The van der Waals surface area contributed by atoms with Gasteiger partial charge in [0, 0.05) is 35.5 Å². The van der Waals surface area contributed by atoms with Crippen LogP contribution in [0.15, 0.2) is 11.6 Å². The zero-order valence-electron chi connectivity index (χ0n) is 17.6. The fourth-order valence-corrected chi connectivity index (χ4v) is 8.70. The molecule has 8 atom stereocenters. The van der Waals surface area contributed by atoms with E-state index in [1.54, 1.807) is 6.92 Å². The van der Waals surface area contributed by atoms with Crippen LogP contribution in [0, 0.1) is 28.6 Å². The minimum atomic E-state index is -0.381. The zero-order valence-corrected chi connectivity index (χ0v) is 17.6. The first-order valence-electron chi connectivity index (χ1n) is 11.3. The van der Waals surface area contributed by atoms with Crippen molar-refractivity contribution in [1.29, 1.82) is 0 Å². The van der Waals surface area contributed by atoms with Crippen molar-refractivity contribution >= 4 is 17.5 Å². The van der Waals surface area contributed by atoms with Gasteiger partial charge in [-0.3, -0.25) is 14.4 Å². The van der Waals surface area contributed by atoms with E-state index in [0.717, 1.165) is 37.7 Å². The summed E-state index contributed by atoms with van der Waals surface area (Å²) in [5, 5.41) is 0. The summed E-state index contributed by atoms with van der Waals surface area (Å²) in [5.41, 5.74) is 0.132. The molecular formula is C24H30O5. The molecule has 0 radical (unpaired) electrons. The van der Waals surface area contributed by atoms with Crippen LogP contribution in [-0.2, 0) is 23.9 Å². The maximum Gasteiger partial charge on any atom is 0.306 e. The van der Waals surface area contributed by atoms with Gasteiger partial charge in [-0.25, -0.2) is 0 Å². The fourth-order valence-electron chi connectivity index (χ4n) is 8.70. The Labute approximate surface area is 171 Å². The number of carbonyl (C=O) groups is 3. The molecule has 0 amide bonds. The van der Waals surface area contributed by atoms with Gasteiger partial charge in [0.25, 0.3) is 0 Å². The fraction of sp³-hybridized carbons (Fsp3) is 0.792. The Morgan fingerprint density at radius 3 is 2.62 bits per heavy atom. The predicted molar refractivity (Wildman–Crippen MR) is 104 cm³/mol. The number of ketones is 2. The van der Waals surface area contributed by atoms with E-state index in [-0.39, 0.29) is 57.5 Å². The largest absolute Gasteiger partial charge is 0.458 e. The highest BCUT2D eigenvalue weighted by molar-refractivity contribution is 5.92. The van der Waals surface area contributed by atoms with Gasteiger partial charge in [-0.1, -0.05) is 19.4 Å². The van der Waals surface area contributed by atoms with Crippen molar-refractivity contribution in [2.45, 2.75) is 89.4 Å². The second-order valence-corrected chi connectivity index (χ2v) is 11.0. The first-order valence-corrected chi connectivity index (χ1v) is 11.3. The van der Waals surface area contributed by atoms with Gasteiger partial charge in [-0.2, -0.15) is 0 Å². The molecule has 5 fully saturated rings. The topological polar surface area (TPSA) is 73.0 Å². The third kappa shape index (κ3) is 1.90. The molecule has 0 aromatic heterocycles. The Morgan fingerprint density at radius 2 is 1.93 bits per heavy atom. The highest BCUT2D eigenvalue weighted by Crippen LogP contribution is 2.78. The van der Waals surface area contributed by atoms with Crippen LogP contribution in [-0.4, -0.2) is 34.8 Å². The van der Waals surface area contributed by atoms with Gasteiger partial charge in [0.2, 0.25) is 0 Å². The molecule has 2 aliphatic heterocycles. The van der Waals surface area contributed by atoms with Gasteiger partial charge in [-0.05, 0) is 57.4 Å². The summed E-state index contributed by atoms with van der Waals surface area (Å²) < 4.78 is 12.7. The number of epoxide rings is 1. The third-order valence-electron chi connectivity index (χ3n) is 10.2. The monoisotopic (exact) mass is 398 g/mol. The summed E-state index contributed by atoms with van der Waals surface area (Å²) in [6.45, 7) is 6.28. The quantitative estimate of drug-likeness (QED) is 0.499. The summed E-state index contributed by atoms with van der Waals surface area (Å²) in [7, 11) is 0. The van der Waals surface area contributed by atoms with E-state index in [4.69, 9.17) is 9.47 Å². The van der Waals surface area contributed by atoms with Gasteiger partial charge in [0.05, 0.1) is 6.10 Å². The molecule has 0 aromatic rings. The third-order valence-corrected chi connectivity index (χ3v) is 10.2. The van der Waals surface area contributed by atoms with Crippen molar-refractivity contribution < 1.29 is 23.9 Å². The van der Waals surface area contributed by atoms with Gasteiger partial charge in [0.15, 0.2) is 5.78 Å². The Morgan fingerprint density at radius 1 is 1.14 bits per heavy atom. The second-order valence-electron chi connectivity index (χ2n) is 11.0. The molecule has 2 spiro atoms. The Kier molecular flexibility index (Phi) is 3.29. The number of Topliss-reactive ketones (excluding diaryl/α,β-unsaturated/α-hetero) is 1. The number of rotatable bonds is 1. The van der Waals surface area contributed by atoms with E-state index in [9.17, 15) is 14.4 Å². The molecule has 2 unspecified atom stereocenters. The van der Waals surface area contributed by atoms with Crippen LogP contribution in [0.5, 0.6) is 0 Å². The molecule has 5 heteroatoms. The molecule has 6 aliphatic rings. The molecule has 2 heterocycles. The number of hydrogen-bond acceptors (Lipinski definition) is 5. The van der Waals surface area contributed by atoms with Crippen molar-refractivity contribution in [2.24, 2.45) is 28.6 Å². The lowest BCUT2D eigenvalue weighted by Gasteiger charge is -2.58. The van der Waals surface area contributed by atoms with Crippen molar-refractivity contribution in [3.05, 3.63) is 11.6 Å². The first-order chi connectivity index (χ1) is 13.7. The van der Waals surface area contributed by atoms with Crippen LogP contribution in [0.4, 0.5) is 0 Å². The molecule has 29 heavy (non-hydrogen) atoms. The predicted octanol–water partition coefficient (Wildman–Crippen LogP) is 3.54. The molecule has 0 bridgehead atoms. The second kappa shape index (κ2) is 5.22. The van der Waals surface area contributed by atoms with Gasteiger partial charge in [0.1, 0.15) is 17.0 Å². The molecular weight excluding hydrogens is 368 g/mol. The number of ether oxygens (including phenoxy) is 2. The molecule has 0 aromatic carbocycles. The molecule has 4 aliphatic carbocycles. The summed E-state index contributed by atoms with van der Waals surface area (Å²) in [6, 6.07) is 0. The minimum absolute atomic E-state index is 0.0739. The van der Waals surface area contributed by atoms with Crippen LogP contribution in [0.1, 0.15) is 72.1 Å². The van der Waals surface area contributed by atoms with Crippen LogP contribution >= 0.6 is 0 Å². The minimum Gasteiger partial charge on any atom is -0.458 e. The standard InChI is InChI=1S/C24H30O5/c1-13(25)16-11-14-10-15(26)4-7-21(14,2)24-18(28-24)12-22(3)17(20(16)24)5-8-23(22)9-6-19(27)29-23/h10,16-18,20H,4-9,11-12H2,1-3H3/t16-,17?,18+,20-,21-,22?,23+,24+/m0/s1. The van der Waals surface area contributed by atoms with E-state index >= 15 is 0 Å². The van der Waals surface area contributed by atoms with Crippen molar-refractivity contribution in [3.63, 3.8) is 0 Å². The molecule has 3 saturated carbocycles. The Hall–Kier alpha value is -1.49. The summed E-state index contributed by atoms with van der Waals surface area (Å²) >= 11 is 0. The zero-order chi connectivity index (χ0) is 20.4. The lowest BCUT2D eigenvalue weighted by atomic mass is 9.43. The van der Waals surface area contributed by atoms with Crippen LogP contribution in [0.3, 0.4) is 0 Å². The van der Waals surface area contributed by atoms with E-state index in [2.05, 4.69) is 13.8 Å². The van der Waals surface area contributed by atoms with Gasteiger partial charge < -0.3 is 9.47 Å². The van der Waals surface area contributed by atoms with E-state index in [1.165, 1.54) is 0 Å². The van der Waals surface area contributed by atoms with E-state index in [0.29, 0.717) is 25.2 Å². The number of esters is 1. The van der Waals surface area contributed by atoms with Gasteiger partial charge >= 0.3 is 5.97 Å². The first kappa shape index (κ1) is 18.3. The molecule has 2 saturated heterocycles. The Balaban J connectivity index is 1.49. The molecule has 0 N–H and O–H groups in total. The average molecular weight is 398 g/mol. The highest BCUT2D eigenvalue weighted by Gasteiger charge is 2.83. The maximum absolute atomic E-state index is 12.9. The van der Waals surface area contributed by atoms with Crippen molar-refractivity contribution in [3.8, 4) is 0 Å². The molecule has 156 valence electrons.